The average Bonchev–Trinajstić information content (AvgIpc) is 1.90. The molecule has 7 nitrogen and oxygen atoms in total. The summed E-state index contributed by atoms with van der Waals surface area (Å²) in [5, 5.41) is 9.88. The molecule has 0 aliphatic rings. The van der Waals surface area contributed by atoms with E-state index < -0.39 is 4.92 Å². The van der Waals surface area contributed by atoms with Gasteiger partial charge in [-0.05, 0) is 4.92 Å². The SMILES string of the molecule is N.O.O=[N+]([O-])c1ncccn1. The van der Waals surface area contributed by atoms with Crippen molar-refractivity contribution in [2.45, 2.75) is 0 Å². The molecule has 62 valence electrons. The van der Waals surface area contributed by atoms with Crippen LogP contribution in [0.3, 0.4) is 0 Å². The zero-order valence-corrected chi connectivity index (χ0v) is 5.60. The molecule has 1 aromatic rings. The third-order valence-corrected chi connectivity index (χ3v) is 0.715. The fourth-order valence-electron chi connectivity index (χ4n) is 0.386. The molecule has 1 rings (SSSR count). The molecule has 0 radical (unpaired) electrons. The maximum absolute atomic E-state index is 9.88. The molecule has 0 saturated heterocycles. The van der Waals surface area contributed by atoms with Gasteiger partial charge in [-0.25, -0.2) is 0 Å². The number of nitrogens with zero attached hydrogens (tertiary/aromatic N) is 3. The van der Waals surface area contributed by atoms with E-state index in [0.29, 0.717) is 0 Å². The Morgan fingerprint density at radius 1 is 1.36 bits per heavy atom. The Morgan fingerprint density at radius 2 is 1.82 bits per heavy atom. The van der Waals surface area contributed by atoms with E-state index in [1.807, 2.05) is 0 Å². The fourth-order valence-corrected chi connectivity index (χ4v) is 0.386. The van der Waals surface area contributed by atoms with Gasteiger partial charge < -0.3 is 21.7 Å². The van der Waals surface area contributed by atoms with Gasteiger partial charge in [-0.3, -0.25) is 0 Å². The van der Waals surface area contributed by atoms with E-state index in [-0.39, 0.29) is 17.6 Å². The van der Waals surface area contributed by atoms with Crippen LogP contribution in [0.2, 0.25) is 0 Å². The van der Waals surface area contributed by atoms with Gasteiger partial charge in [-0.15, -0.1) is 0 Å². The summed E-state index contributed by atoms with van der Waals surface area (Å²) in [6, 6.07) is 1.52. The summed E-state index contributed by atoms with van der Waals surface area (Å²) in [5.41, 5.74) is 0. The van der Waals surface area contributed by atoms with E-state index in [1.165, 1.54) is 18.5 Å². The molecule has 11 heavy (non-hydrogen) atoms. The minimum atomic E-state index is -0.639. The summed E-state index contributed by atoms with van der Waals surface area (Å²) < 4.78 is 0. The summed E-state index contributed by atoms with van der Waals surface area (Å²) in [6.07, 6.45) is 2.65. The normalized spacial score (nSPS) is 7.27. The third kappa shape index (κ3) is 3.18. The highest BCUT2D eigenvalue weighted by atomic mass is 16.6. The van der Waals surface area contributed by atoms with Crippen molar-refractivity contribution in [2.24, 2.45) is 0 Å². The minimum Gasteiger partial charge on any atom is -0.412 e. The lowest BCUT2D eigenvalue weighted by atomic mass is 10.7. The first-order valence-electron chi connectivity index (χ1n) is 2.22. The Labute approximate surface area is 62.1 Å². The lowest BCUT2D eigenvalue weighted by Crippen LogP contribution is -1.92. The molecule has 0 aromatic carbocycles. The highest BCUT2D eigenvalue weighted by Gasteiger charge is 2.02. The van der Waals surface area contributed by atoms with Crippen molar-refractivity contribution in [1.82, 2.24) is 16.1 Å². The molecule has 0 bridgehead atoms. The largest absolute Gasteiger partial charge is 0.468 e. The van der Waals surface area contributed by atoms with Crippen molar-refractivity contribution >= 4 is 5.95 Å². The van der Waals surface area contributed by atoms with Crippen LogP contribution in [-0.2, 0) is 0 Å². The summed E-state index contributed by atoms with van der Waals surface area (Å²) in [4.78, 5) is 16.0. The molecule has 0 aliphatic heterocycles. The van der Waals surface area contributed by atoms with E-state index in [0.717, 1.165) is 0 Å². The van der Waals surface area contributed by atoms with Gasteiger partial charge >= 0.3 is 5.95 Å². The second kappa shape index (κ2) is 5.21. The highest BCUT2D eigenvalue weighted by Crippen LogP contribution is 1.95. The lowest BCUT2D eigenvalue weighted by Gasteiger charge is -1.86. The number of aromatic nitrogens is 2. The molecular formula is C4H8N4O3. The van der Waals surface area contributed by atoms with Crippen molar-refractivity contribution in [1.29, 1.82) is 0 Å². The third-order valence-electron chi connectivity index (χ3n) is 0.715. The van der Waals surface area contributed by atoms with Gasteiger partial charge in [-0.1, -0.05) is 9.97 Å². The molecule has 7 heteroatoms. The minimum absolute atomic E-state index is 0. The van der Waals surface area contributed by atoms with E-state index in [9.17, 15) is 10.1 Å². The van der Waals surface area contributed by atoms with Crippen LogP contribution < -0.4 is 6.15 Å². The van der Waals surface area contributed by atoms with Gasteiger partial charge in [0, 0.05) is 6.07 Å². The first kappa shape index (κ1) is 12.1. The molecule has 0 spiro atoms. The number of hydrogen-bond donors (Lipinski definition) is 1. The monoisotopic (exact) mass is 160 g/mol. The van der Waals surface area contributed by atoms with Crippen molar-refractivity contribution < 1.29 is 10.4 Å². The van der Waals surface area contributed by atoms with Gasteiger partial charge in [0.25, 0.3) is 0 Å². The number of hydrogen-bond acceptors (Lipinski definition) is 5. The predicted molar refractivity (Wildman–Crippen MR) is 37.3 cm³/mol. The van der Waals surface area contributed by atoms with Crippen LogP contribution in [0.15, 0.2) is 18.5 Å². The number of nitro groups is 1. The quantitative estimate of drug-likeness (QED) is 0.445. The summed E-state index contributed by atoms with van der Waals surface area (Å²) in [5.74, 6) is -0.363. The maximum Gasteiger partial charge on any atom is 0.468 e. The topological polar surface area (TPSA) is 135 Å². The smallest absolute Gasteiger partial charge is 0.412 e. The Kier molecular flexibility index (Phi) is 5.73. The molecule has 0 unspecified atom stereocenters. The highest BCUT2D eigenvalue weighted by molar-refractivity contribution is 5.00. The first-order valence-corrected chi connectivity index (χ1v) is 2.22. The summed E-state index contributed by atoms with van der Waals surface area (Å²) >= 11 is 0. The van der Waals surface area contributed by atoms with Crippen LogP contribution in [-0.4, -0.2) is 20.4 Å². The van der Waals surface area contributed by atoms with Crippen LogP contribution in [0.4, 0.5) is 5.95 Å². The van der Waals surface area contributed by atoms with E-state index in [2.05, 4.69) is 9.97 Å². The second-order valence-electron chi connectivity index (χ2n) is 1.31. The van der Waals surface area contributed by atoms with E-state index in [4.69, 9.17) is 0 Å². The summed E-state index contributed by atoms with van der Waals surface area (Å²) in [7, 11) is 0. The van der Waals surface area contributed by atoms with Crippen LogP contribution in [0.1, 0.15) is 0 Å². The Bertz CT molecular complexity index is 214. The van der Waals surface area contributed by atoms with Crippen LogP contribution in [0, 0.1) is 10.1 Å². The molecule has 0 aliphatic carbocycles. The van der Waals surface area contributed by atoms with Crippen molar-refractivity contribution in [3.05, 3.63) is 28.6 Å². The van der Waals surface area contributed by atoms with Crippen molar-refractivity contribution in [3.63, 3.8) is 0 Å². The van der Waals surface area contributed by atoms with Crippen molar-refractivity contribution in [3.8, 4) is 0 Å². The Balaban J connectivity index is 0. The molecule has 0 fully saturated rings. The lowest BCUT2D eigenvalue weighted by molar-refractivity contribution is -0.394. The van der Waals surface area contributed by atoms with Gasteiger partial charge in [0.2, 0.25) is 0 Å². The van der Waals surface area contributed by atoms with Crippen molar-refractivity contribution in [2.75, 3.05) is 0 Å². The molecule has 0 amide bonds. The Morgan fingerprint density at radius 3 is 2.09 bits per heavy atom. The molecule has 0 atom stereocenters. The predicted octanol–water partition coefficient (Wildman–Crippen LogP) is -0.278. The molecular weight excluding hydrogens is 152 g/mol. The number of rotatable bonds is 1. The average molecular weight is 160 g/mol. The van der Waals surface area contributed by atoms with Gasteiger partial charge in [0.1, 0.15) is 12.4 Å². The van der Waals surface area contributed by atoms with Crippen LogP contribution in [0.25, 0.3) is 0 Å². The summed E-state index contributed by atoms with van der Waals surface area (Å²) in [6.45, 7) is 0. The standard InChI is InChI=1S/C4H3N3O2.H3N.H2O/c8-7(9)4-5-2-1-3-6-4;;/h1-3H;1H3;1H2. The van der Waals surface area contributed by atoms with Crippen LogP contribution in [0.5, 0.6) is 0 Å². The fraction of sp³-hybridized carbons (Fsp3) is 0. The van der Waals surface area contributed by atoms with Gasteiger partial charge in [-0.2, -0.15) is 0 Å². The molecule has 1 heterocycles. The molecule has 1 aromatic heterocycles. The van der Waals surface area contributed by atoms with E-state index in [1.54, 1.807) is 0 Å². The van der Waals surface area contributed by atoms with Crippen LogP contribution >= 0.6 is 0 Å². The zero-order valence-electron chi connectivity index (χ0n) is 5.60. The molecule has 0 saturated carbocycles. The zero-order chi connectivity index (χ0) is 6.69. The Hall–Kier alpha value is -1.60. The van der Waals surface area contributed by atoms with Gasteiger partial charge in [0.05, 0.1) is 0 Å². The maximum atomic E-state index is 9.88. The second-order valence-corrected chi connectivity index (χ2v) is 1.31. The van der Waals surface area contributed by atoms with E-state index >= 15 is 0 Å². The van der Waals surface area contributed by atoms with Gasteiger partial charge in [0.15, 0.2) is 0 Å². The first-order chi connectivity index (χ1) is 4.30. The molecule has 5 N–H and O–H groups in total.